The largest absolute Gasteiger partial charge is 0.457 e. The summed E-state index contributed by atoms with van der Waals surface area (Å²) in [5.74, 6) is -3.76. The number of allylic oxidation sites excluding steroid dienone is 4. The summed E-state index contributed by atoms with van der Waals surface area (Å²) in [6, 6.07) is -1.04. The number of carbonyl (C=O) groups excluding carboxylic acids is 4. The average molecular weight is 506 g/mol. The number of carbonyl (C=O) groups is 4. The Balaban J connectivity index is 1.61. The summed E-state index contributed by atoms with van der Waals surface area (Å²) in [5, 5.41) is 23.2. The van der Waals surface area contributed by atoms with Crippen LogP contribution in [-0.4, -0.2) is 63.6 Å². The second-order valence-electron chi connectivity index (χ2n) is 11.7. The van der Waals surface area contributed by atoms with Crippen molar-refractivity contribution >= 4 is 23.3 Å². The van der Waals surface area contributed by atoms with Crippen molar-refractivity contribution in [3.05, 3.63) is 23.8 Å². The normalized spacial score (nSPS) is 44.1. The number of hydrogen-bond acceptors (Lipinski definition) is 8. The van der Waals surface area contributed by atoms with Crippen molar-refractivity contribution in [3.8, 4) is 0 Å². The van der Waals surface area contributed by atoms with Crippen LogP contribution in [-0.2, 0) is 23.9 Å². The van der Waals surface area contributed by atoms with Gasteiger partial charge in [0.05, 0.1) is 18.6 Å². The van der Waals surface area contributed by atoms with Gasteiger partial charge in [-0.15, -0.1) is 0 Å². The highest BCUT2D eigenvalue weighted by Crippen LogP contribution is 2.70. The lowest BCUT2D eigenvalue weighted by molar-refractivity contribution is -0.220. The zero-order chi connectivity index (χ0) is 26.8. The van der Waals surface area contributed by atoms with Gasteiger partial charge in [0.2, 0.25) is 5.78 Å². The van der Waals surface area contributed by atoms with E-state index in [9.17, 15) is 29.4 Å². The Kier molecular flexibility index (Phi) is 6.46. The van der Waals surface area contributed by atoms with Gasteiger partial charge in [-0.1, -0.05) is 25.5 Å². The first-order valence-corrected chi connectivity index (χ1v) is 12.6. The van der Waals surface area contributed by atoms with Crippen molar-refractivity contribution in [2.24, 2.45) is 34.3 Å². The quantitative estimate of drug-likeness (QED) is 0.463. The Morgan fingerprint density at radius 2 is 1.94 bits per heavy atom. The molecule has 9 heteroatoms. The molecule has 9 atom stereocenters. The molecule has 0 aromatic carbocycles. The molecule has 4 rings (SSSR count). The number of alkyl halides is 1. The molecule has 3 unspecified atom stereocenters. The molecule has 4 aliphatic carbocycles. The van der Waals surface area contributed by atoms with Gasteiger partial charge in [-0.3, -0.25) is 19.2 Å². The molecule has 4 aliphatic rings. The maximum atomic E-state index is 17.2. The fourth-order valence-corrected chi connectivity index (χ4v) is 7.78. The average Bonchev–Trinajstić information content (AvgIpc) is 3.00. The molecule has 0 aromatic heterocycles. The zero-order valence-corrected chi connectivity index (χ0v) is 21.3. The van der Waals surface area contributed by atoms with Crippen molar-refractivity contribution in [2.75, 3.05) is 6.61 Å². The van der Waals surface area contributed by atoms with Crippen molar-refractivity contribution in [1.29, 1.82) is 0 Å². The molecule has 0 bridgehead atoms. The number of aliphatic hydroxyl groups excluding tert-OH is 1. The molecule has 36 heavy (non-hydrogen) atoms. The summed E-state index contributed by atoms with van der Waals surface area (Å²) in [6.45, 7) is 5.68. The molecule has 0 saturated heterocycles. The van der Waals surface area contributed by atoms with Gasteiger partial charge in [0, 0.05) is 16.7 Å². The Hall–Kier alpha value is -2.23. The minimum absolute atomic E-state index is 0.162. The number of aliphatic hydroxyl groups is 2. The molecule has 0 heterocycles. The third kappa shape index (κ3) is 3.50. The van der Waals surface area contributed by atoms with E-state index in [0.717, 1.165) is 0 Å². The molecule has 0 radical (unpaired) electrons. The first kappa shape index (κ1) is 26.8. The molecule has 0 aliphatic heterocycles. The second-order valence-corrected chi connectivity index (χ2v) is 11.7. The molecule has 0 aromatic rings. The number of halogens is 1. The van der Waals surface area contributed by atoms with Crippen LogP contribution in [0.1, 0.15) is 59.8 Å². The minimum Gasteiger partial charge on any atom is -0.457 e. The van der Waals surface area contributed by atoms with E-state index in [0.29, 0.717) is 24.8 Å². The molecular formula is C27H36FNO7. The van der Waals surface area contributed by atoms with Gasteiger partial charge in [-0.05, 0) is 63.5 Å². The predicted octanol–water partition coefficient (Wildman–Crippen LogP) is 1.75. The summed E-state index contributed by atoms with van der Waals surface area (Å²) in [6.07, 6.45) is 3.56. The Morgan fingerprint density at radius 3 is 2.58 bits per heavy atom. The van der Waals surface area contributed by atoms with Crippen LogP contribution < -0.4 is 5.73 Å². The lowest BCUT2D eigenvalue weighted by Gasteiger charge is -2.62. The smallest absolute Gasteiger partial charge is 0.308 e. The number of ketones is 3. The van der Waals surface area contributed by atoms with E-state index in [-0.39, 0.29) is 24.4 Å². The van der Waals surface area contributed by atoms with Crippen molar-refractivity contribution in [2.45, 2.75) is 83.2 Å². The van der Waals surface area contributed by atoms with Crippen LogP contribution in [0.2, 0.25) is 0 Å². The third-order valence-electron chi connectivity index (χ3n) is 9.92. The standard InChI is InChI=1S/C27H36FNO7/c1-14-9-19-18-6-5-16-10-17(31)7-8-24(16,3)26(18,28)21(32)12-25(19,4)27(14,35)22(33)13-36-23(34)11-20(29)15(2)30/h7-8,10,14,18-21,32,35H,5-6,9,11-13,29H2,1-4H3/t14-,18?,19?,20?,21+,24+,25+,26+,27+/m1/s1. The van der Waals surface area contributed by atoms with Crippen LogP contribution in [0.3, 0.4) is 0 Å². The fraction of sp³-hybridized carbons (Fsp3) is 0.704. The van der Waals surface area contributed by atoms with Gasteiger partial charge in [-0.25, -0.2) is 4.39 Å². The van der Waals surface area contributed by atoms with Gasteiger partial charge in [0.1, 0.15) is 11.4 Å². The van der Waals surface area contributed by atoms with Crippen molar-refractivity contribution in [1.82, 2.24) is 0 Å². The van der Waals surface area contributed by atoms with E-state index in [1.54, 1.807) is 26.8 Å². The number of esters is 1. The maximum Gasteiger partial charge on any atom is 0.308 e. The van der Waals surface area contributed by atoms with E-state index in [1.165, 1.54) is 19.1 Å². The highest BCUT2D eigenvalue weighted by atomic mass is 19.1. The molecular weight excluding hydrogens is 469 g/mol. The fourth-order valence-electron chi connectivity index (χ4n) is 7.78. The summed E-state index contributed by atoms with van der Waals surface area (Å²) >= 11 is 0. The number of fused-ring (bicyclic) bond motifs is 5. The van der Waals surface area contributed by atoms with Crippen LogP contribution >= 0.6 is 0 Å². The van der Waals surface area contributed by atoms with Crippen LogP contribution in [0.4, 0.5) is 4.39 Å². The molecule has 8 nitrogen and oxygen atoms in total. The van der Waals surface area contributed by atoms with E-state index < -0.39 is 70.4 Å². The van der Waals surface area contributed by atoms with Crippen LogP contribution in [0.15, 0.2) is 23.8 Å². The van der Waals surface area contributed by atoms with E-state index in [1.807, 2.05) is 0 Å². The molecule has 0 amide bonds. The number of rotatable bonds is 6. The summed E-state index contributed by atoms with van der Waals surface area (Å²) in [7, 11) is 0. The Bertz CT molecular complexity index is 1070. The van der Waals surface area contributed by atoms with Gasteiger partial charge >= 0.3 is 5.97 Å². The summed E-state index contributed by atoms with van der Waals surface area (Å²) in [4.78, 5) is 48.7. The van der Waals surface area contributed by atoms with Crippen molar-refractivity contribution < 1.29 is 38.5 Å². The topological polar surface area (TPSA) is 144 Å². The van der Waals surface area contributed by atoms with E-state index in [2.05, 4.69) is 0 Å². The number of hydrogen-bond donors (Lipinski definition) is 3. The zero-order valence-electron chi connectivity index (χ0n) is 21.3. The highest BCUT2D eigenvalue weighted by Gasteiger charge is 2.75. The van der Waals surface area contributed by atoms with Gasteiger partial charge < -0.3 is 20.7 Å². The molecule has 198 valence electrons. The van der Waals surface area contributed by atoms with Crippen LogP contribution in [0.25, 0.3) is 0 Å². The number of Topliss-reactive ketones (excluding diaryl/α,β-unsaturated/α-hetero) is 2. The third-order valence-corrected chi connectivity index (χ3v) is 9.92. The Labute approximate surface area is 210 Å². The van der Waals surface area contributed by atoms with Gasteiger partial charge in [0.25, 0.3) is 0 Å². The van der Waals surface area contributed by atoms with Crippen LogP contribution in [0, 0.1) is 28.6 Å². The first-order valence-electron chi connectivity index (χ1n) is 12.6. The predicted molar refractivity (Wildman–Crippen MR) is 127 cm³/mol. The SMILES string of the molecule is CC(=O)C(N)CC(=O)OCC(=O)[C@@]1(O)[C@H](C)CC2C3CCC4=CC(=O)C=C[C@]4(C)[C@@]3(F)[C@@H](O)C[C@@]21C. The number of ether oxygens (including phenoxy) is 1. The summed E-state index contributed by atoms with van der Waals surface area (Å²) in [5.41, 5.74) is -0.0937. The maximum absolute atomic E-state index is 17.2. The molecule has 0 spiro atoms. The van der Waals surface area contributed by atoms with Gasteiger partial charge in [0.15, 0.2) is 18.1 Å². The van der Waals surface area contributed by atoms with Crippen LogP contribution in [0.5, 0.6) is 0 Å². The monoisotopic (exact) mass is 505 g/mol. The van der Waals surface area contributed by atoms with Crippen molar-refractivity contribution in [3.63, 3.8) is 0 Å². The lowest BCUT2D eigenvalue weighted by Crippen LogP contribution is -2.69. The highest BCUT2D eigenvalue weighted by molar-refractivity contribution is 6.01. The number of nitrogens with two attached hydrogens (primary N) is 1. The first-order chi connectivity index (χ1) is 16.6. The Morgan fingerprint density at radius 1 is 1.28 bits per heavy atom. The lowest BCUT2D eigenvalue weighted by atomic mass is 9.44. The molecule has 3 saturated carbocycles. The summed E-state index contributed by atoms with van der Waals surface area (Å²) < 4.78 is 22.2. The molecule has 3 fully saturated rings. The minimum atomic E-state index is -2.07. The molecule has 4 N–H and O–H groups in total. The van der Waals surface area contributed by atoms with Gasteiger partial charge in [-0.2, -0.15) is 0 Å². The van der Waals surface area contributed by atoms with E-state index >= 15 is 4.39 Å². The van der Waals surface area contributed by atoms with E-state index in [4.69, 9.17) is 10.5 Å². The second kappa shape index (κ2) is 8.67.